The standard InChI is InChI=1S/C8H16O3/c1-4-9-8-10-6(2)5-7(3)11-8/h6-8H,4-5H2,1-3H3. The van der Waals surface area contributed by atoms with Crippen LogP contribution in [0.25, 0.3) is 0 Å². The first-order valence-corrected chi connectivity index (χ1v) is 4.15. The van der Waals surface area contributed by atoms with Crippen molar-refractivity contribution in [3.05, 3.63) is 0 Å². The predicted molar refractivity (Wildman–Crippen MR) is 41.1 cm³/mol. The molecule has 1 aliphatic heterocycles. The van der Waals surface area contributed by atoms with Crippen LogP contribution >= 0.6 is 0 Å². The van der Waals surface area contributed by atoms with E-state index in [1.807, 2.05) is 20.8 Å². The Bertz CT molecular complexity index is 106. The zero-order valence-electron chi connectivity index (χ0n) is 7.37. The summed E-state index contributed by atoms with van der Waals surface area (Å²) in [5.41, 5.74) is 0. The Morgan fingerprint density at radius 2 is 1.82 bits per heavy atom. The molecule has 3 heteroatoms. The van der Waals surface area contributed by atoms with Crippen molar-refractivity contribution in [2.75, 3.05) is 6.61 Å². The van der Waals surface area contributed by atoms with Gasteiger partial charge in [-0.05, 0) is 27.2 Å². The summed E-state index contributed by atoms with van der Waals surface area (Å²) in [7, 11) is 0. The van der Waals surface area contributed by atoms with Gasteiger partial charge in [-0.25, -0.2) is 0 Å². The van der Waals surface area contributed by atoms with Crippen molar-refractivity contribution < 1.29 is 14.2 Å². The minimum absolute atomic E-state index is 0.246. The summed E-state index contributed by atoms with van der Waals surface area (Å²) < 4.78 is 15.9. The Hall–Kier alpha value is -0.120. The Labute approximate surface area is 67.6 Å². The van der Waals surface area contributed by atoms with Crippen molar-refractivity contribution in [2.24, 2.45) is 0 Å². The molecule has 0 aromatic carbocycles. The summed E-state index contributed by atoms with van der Waals surface area (Å²) in [5, 5.41) is 0. The molecule has 0 radical (unpaired) electrons. The predicted octanol–water partition coefficient (Wildman–Crippen LogP) is 1.52. The summed E-state index contributed by atoms with van der Waals surface area (Å²) in [6, 6.07) is 0. The Kier molecular flexibility index (Phi) is 3.30. The average molecular weight is 160 g/mol. The van der Waals surface area contributed by atoms with Gasteiger partial charge >= 0.3 is 0 Å². The van der Waals surface area contributed by atoms with E-state index in [0.29, 0.717) is 6.61 Å². The molecule has 0 spiro atoms. The fraction of sp³-hybridized carbons (Fsp3) is 1.00. The van der Waals surface area contributed by atoms with Crippen molar-refractivity contribution in [3.63, 3.8) is 0 Å². The lowest BCUT2D eigenvalue weighted by molar-refractivity contribution is -0.343. The Morgan fingerprint density at radius 1 is 1.27 bits per heavy atom. The van der Waals surface area contributed by atoms with Crippen molar-refractivity contribution in [1.29, 1.82) is 0 Å². The maximum atomic E-state index is 5.35. The van der Waals surface area contributed by atoms with Crippen LogP contribution in [0.4, 0.5) is 0 Å². The minimum atomic E-state index is -0.446. The molecule has 0 N–H and O–H groups in total. The molecular weight excluding hydrogens is 144 g/mol. The van der Waals surface area contributed by atoms with Crippen molar-refractivity contribution in [1.82, 2.24) is 0 Å². The zero-order valence-corrected chi connectivity index (χ0v) is 7.37. The van der Waals surface area contributed by atoms with Crippen LogP contribution in [0.3, 0.4) is 0 Å². The van der Waals surface area contributed by atoms with E-state index in [-0.39, 0.29) is 12.2 Å². The van der Waals surface area contributed by atoms with Crippen LogP contribution in [-0.4, -0.2) is 25.3 Å². The van der Waals surface area contributed by atoms with Gasteiger partial charge in [-0.1, -0.05) is 0 Å². The average Bonchev–Trinajstić information content (AvgIpc) is 1.85. The summed E-state index contributed by atoms with van der Waals surface area (Å²) >= 11 is 0. The normalized spacial score (nSPS) is 39.0. The van der Waals surface area contributed by atoms with Gasteiger partial charge in [0.25, 0.3) is 6.48 Å². The minimum Gasteiger partial charge on any atom is -0.330 e. The molecule has 2 atom stereocenters. The summed E-state index contributed by atoms with van der Waals surface area (Å²) in [4.78, 5) is 0. The highest BCUT2D eigenvalue weighted by atomic mass is 16.9. The second-order valence-corrected chi connectivity index (χ2v) is 2.87. The van der Waals surface area contributed by atoms with Gasteiger partial charge in [-0.3, -0.25) is 0 Å². The van der Waals surface area contributed by atoms with Gasteiger partial charge in [0.05, 0.1) is 12.2 Å². The molecule has 3 nitrogen and oxygen atoms in total. The summed E-state index contributed by atoms with van der Waals surface area (Å²) in [6.45, 7) is 6.18. The molecule has 1 rings (SSSR count). The molecule has 66 valence electrons. The van der Waals surface area contributed by atoms with Crippen molar-refractivity contribution >= 4 is 0 Å². The molecule has 1 heterocycles. The Morgan fingerprint density at radius 3 is 2.27 bits per heavy atom. The number of rotatable bonds is 2. The fourth-order valence-electron chi connectivity index (χ4n) is 1.20. The third-order valence-corrected chi connectivity index (χ3v) is 1.65. The van der Waals surface area contributed by atoms with E-state index in [1.165, 1.54) is 0 Å². The molecule has 11 heavy (non-hydrogen) atoms. The molecule has 0 aliphatic carbocycles. The van der Waals surface area contributed by atoms with Gasteiger partial charge < -0.3 is 14.2 Å². The van der Waals surface area contributed by atoms with E-state index in [1.54, 1.807) is 0 Å². The second-order valence-electron chi connectivity index (χ2n) is 2.87. The van der Waals surface area contributed by atoms with E-state index in [0.717, 1.165) is 6.42 Å². The molecule has 0 saturated carbocycles. The maximum absolute atomic E-state index is 5.35. The number of ether oxygens (including phenoxy) is 3. The molecule has 0 aromatic rings. The highest BCUT2D eigenvalue weighted by Crippen LogP contribution is 2.18. The van der Waals surface area contributed by atoms with Gasteiger partial charge in [-0.15, -0.1) is 0 Å². The van der Waals surface area contributed by atoms with Crippen LogP contribution in [0.5, 0.6) is 0 Å². The molecule has 1 fully saturated rings. The van der Waals surface area contributed by atoms with Gasteiger partial charge in [0, 0.05) is 6.61 Å². The van der Waals surface area contributed by atoms with Crippen LogP contribution in [0.15, 0.2) is 0 Å². The first kappa shape index (κ1) is 8.97. The molecule has 0 aromatic heterocycles. The smallest absolute Gasteiger partial charge is 0.272 e. The van der Waals surface area contributed by atoms with Gasteiger partial charge in [0.2, 0.25) is 0 Å². The first-order valence-electron chi connectivity index (χ1n) is 4.15. The molecular formula is C8H16O3. The van der Waals surface area contributed by atoms with Crippen LogP contribution in [0.2, 0.25) is 0 Å². The van der Waals surface area contributed by atoms with E-state index in [4.69, 9.17) is 14.2 Å². The second kappa shape index (κ2) is 4.04. The van der Waals surface area contributed by atoms with Crippen LogP contribution in [0, 0.1) is 0 Å². The lowest BCUT2D eigenvalue weighted by Crippen LogP contribution is -2.36. The van der Waals surface area contributed by atoms with Gasteiger partial charge in [0.1, 0.15) is 0 Å². The molecule has 1 aliphatic rings. The van der Waals surface area contributed by atoms with Crippen LogP contribution < -0.4 is 0 Å². The van der Waals surface area contributed by atoms with Crippen molar-refractivity contribution in [3.8, 4) is 0 Å². The highest BCUT2D eigenvalue weighted by molar-refractivity contribution is 4.61. The first-order chi connectivity index (χ1) is 5.22. The third-order valence-electron chi connectivity index (χ3n) is 1.65. The molecule has 1 saturated heterocycles. The third kappa shape index (κ3) is 2.77. The maximum Gasteiger partial charge on any atom is 0.272 e. The summed E-state index contributed by atoms with van der Waals surface area (Å²) in [5.74, 6) is 0. The number of hydrogen-bond donors (Lipinski definition) is 0. The van der Waals surface area contributed by atoms with E-state index >= 15 is 0 Å². The lowest BCUT2D eigenvalue weighted by atomic mass is 10.2. The van der Waals surface area contributed by atoms with Crippen LogP contribution in [0.1, 0.15) is 27.2 Å². The molecule has 0 amide bonds. The van der Waals surface area contributed by atoms with Crippen molar-refractivity contribution in [2.45, 2.75) is 45.9 Å². The Balaban J connectivity index is 2.30. The number of hydrogen-bond acceptors (Lipinski definition) is 3. The SMILES string of the molecule is CCOC1OC(C)CC(C)O1. The monoisotopic (exact) mass is 160 g/mol. The largest absolute Gasteiger partial charge is 0.330 e. The van der Waals surface area contributed by atoms with E-state index in [9.17, 15) is 0 Å². The quantitative estimate of drug-likeness (QED) is 0.613. The van der Waals surface area contributed by atoms with Gasteiger partial charge in [0.15, 0.2) is 0 Å². The van der Waals surface area contributed by atoms with E-state index < -0.39 is 6.48 Å². The van der Waals surface area contributed by atoms with Gasteiger partial charge in [-0.2, -0.15) is 0 Å². The van der Waals surface area contributed by atoms with Crippen LogP contribution in [-0.2, 0) is 14.2 Å². The fourth-order valence-corrected chi connectivity index (χ4v) is 1.20. The lowest BCUT2D eigenvalue weighted by Gasteiger charge is -2.31. The summed E-state index contributed by atoms with van der Waals surface area (Å²) in [6.07, 6.45) is 1.44. The zero-order chi connectivity index (χ0) is 8.27. The topological polar surface area (TPSA) is 27.7 Å². The highest BCUT2D eigenvalue weighted by Gasteiger charge is 2.24. The molecule has 0 bridgehead atoms. The van der Waals surface area contributed by atoms with E-state index in [2.05, 4.69) is 0 Å². The molecule has 2 unspecified atom stereocenters.